The lowest BCUT2D eigenvalue weighted by atomic mass is 10.1. The highest BCUT2D eigenvalue weighted by atomic mass is 16.5. The molecule has 0 aliphatic rings. The first-order chi connectivity index (χ1) is 13.0. The van der Waals surface area contributed by atoms with Gasteiger partial charge in [-0.25, -0.2) is 0 Å². The predicted octanol–water partition coefficient (Wildman–Crippen LogP) is 3.80. The highest BCUT2D eigenvalue weighted by Crippen LogP contribution is 2.25. The van der Waals surface area contributed by atoms with Crippen LogP contribution in [0.3, 0.4) is 0 Å². The number of carbonyl (C=O) groups excluding carboxylic acids is 2. The summed E-state index contributed by atoms with van der Waals surface area (Å²) in [5.41, 5.74) is 2.24. The zero-order valence-corrected chi connectivity index (χ0v) is 15.2. The van der Waals surface area contributed by atoms with E-state index in [2.05, 4.69) is 15.8 Å². The van der Waals surface area contributed by atoms with Crippen LogP contribution in [0.1, 0.15) is 32.0 Å². The zero-order valence-electron chi connectivity index (χ0n) is 15.2. The first-order valence-electron chi connectivity index (χ1n) is 8.27. The SMILES string of the molecule is COc1ccc(C)cc1NC(=O)c1cccc(C(=O)Nc2cc(C)on2)c1. The van der Waals surface area contributed by atoms with Crippen molar-refractivity contribution in [1.29, 1.82) is 0 Å². The number of amides is 2. The monoisotopic (exact) mass is 365 g/mol. The Morgan fingerprint density at radius 2 is 1.67 bits per heavy atom. The fourth-order valence-corrected chi connectivity index (χ4v) is 2.53. The Kier molecular flexibility index (Phi) is 5.21. The van der Waals surface area contributed by atoms with Gasteiger partial charge in [-0.2, -0.15) is 0 Å². The first-order valence-corrected chi connectivity index (χ1v) is 8.27. The van der Waals surface area contributed by atoms with E-state index in [1.54, 1.807) is 37.3 Å². The number of ether oxygens (including phenoxy) is 1. The van der Waals surface area contributed by atoms with Crippen LogP contribution < -0.4 is 15.4 Å². The average molecular weight is 365 g/mol. The van der Waals surface area contributed by atoms with Gasteiger partial charge in [-0.3, -0.25) is 9.59 Å². The molecule has 0 saturated heterocycles. The van der Waals surface area contributed by atoms with Crippen molar-refractivity contribution >= 4 is 23.3 Å². The molecule has 3 aromatic rings. The summed E-state index contributed by atoms with van der Waals surface area (Å²) in [6.45, 7) is 3.65. The van der Waals surface area contributed by atoms with E-state index in [1.807, 2.05) is 19.1 Å². The number of methoxy groups -OCH3 is 1. The van der Waals surface area contributed by atoms with E-state index in [4.69, 9.17) is 9.26 Å². The molecule has 1 aromatic heterocycles. The van der Waals surface area contributed by atoms with Crippen LogP contribution in [-0.2, 0) is 0 Å². The van der Waals surface area contributed by atoms with Gasteiger partial charge >= 0.3 is 0 Å². The molecule has 27 heavy (non-hydrogen) atoms. The van der Waals surface area contributed by atoms with E-state index in [9.17, 15) is 9.59 Å². The zero-order chi connectivity index (χ0) is 19.4. The Bertz CT molecular complexity index is 994. The molecule has 0 spiro atoms. The molecule has 0 aliphatic heterocycles. The van der Waals surface area contributed by atoms with E-state index in [0.29, 0.717) is 34.1 Å². The summed E-state index contributed by atoms with van der Waals surface area (Å²) < 4.78 is 10.2. The Morgan fingerprint density at radius 3 is 2.30 bits per heavy atom. The van der Waals surface area contributed by atoms with Crippen molar-refractivity contribution < 1.29 is 18.8 Å². The van der Waals surface area contributed by atoms with Gasteiger partial charge in [0.25, 0.3) is 11.8 Å². The normalized spacial score (nSPS) is 10.3. The standard InChI is InChI=1S/C20H19N3O4/c1-12-7-8-17(26-3)16(9-12)21-19(24)14-5-4-6-15(11-14)20(25)22-18-10-13(2)27-23-18/h4-11H,1-3H3,(H,21,24)(H,22,23,25). The van der Waals surface area contributed by atoms with Crippen molar-refractivity contribution in [1.82, 2.24) is 5.16 Å². The topological polar surface area (TPSA) is 93.5 Å². The van der Waals surface area contributed by atoms with Crippen LogP contribution in [-0.4, -0.2) is 24.1 Å². The van der Waals surface area contributed by atoms with Crippen LogP contribution in [0.5, 0.6) is 5.75 Å². The maximum Gasteiger partial charge on any atom is 0.256 e. The van der Waals surface area contributed by atoms with Gasteiger partial charge < -0.3 is 19.9 Å². The van der Waals surface area contributed by atoms with E-state index < -0.39 is 0 Å². The Labute approximate surface area is 156 Å². The Hall–Kier alpha value is -3.61. The molecule has 7 nitrogen and oxygen atoms in total. The number of hydrogen-bond donors (Lipinski definition) is 2. The third-order valence-electron chi connectivity index (χ3n) is 3.86. The minimum Gasteiger partial charge on any atom is -0.495 e. The Balaban J connectivity index is 1.77. The summed E-state index contributed by atoms with van der Waals surface area (Å²) in [5, 5.41) is 9.16. The van der Waals surface area contributed by atoms with Gasteiger partial charge in [0.1, 0.15) is 11.5 Å². The molecule has 2 N–H and O–H groups in total. The minimum absolute atomic E-state index is 0.317. The van der Waals surface area contributed by atoms with Crippen molar-refractivity contribution in [2.45, 2.75) is 13.8 Å². The maximum atomic E-state index is 12.6. The molecule has 0 fully saturated rings. The summed E-state index contributed by atoms with van der Waals surface area (Å²) in [6, 6.07) is 13.5. The van der Waals surface area contributed by atoms with Gasteiger partial charge in [0, 0.05) is 17.2 Å². The molecule has 3 rings (SSSR count). The van der Waals surface area contributed by atoms with Gasteiger partial charge in [-0.15, -0.1) is 0 Å². The molecule has 7 heteroatoms. The lowest BCUT2D eigenvalue weighted by molar-refractivity contribution is 0.102. The van der Waals surface area contributed by atoms with Crippen LogP contribution in [0, 0.1) is 13.8 Å². The fourth-order valence-electron chi connectivity index (χ4n) is 2.53. The molecule has 2 amide bonds. The highest BCUT2D eigenvalue weighted by Gasteiger charge is 2.14. The summed E-state index contributed by atoms with van der Waals surface area (Å²) in [4.78, 5) is 25.0. The number of nitrogens with zero attached hydrogens (tertiary/aromatic N) is 1. The van der Waals surface area contributed by atoms with E-state index in [1.165, 1.54) is 13.2 Å². The third kappa shape index (κ3) is 4.33. The highest BCUT2D eigenvalue weighted by molar-refractivity contribution is 6.08. The van der Waals surface area contributed by atoms with E-state index in [-0.39, 0.29) is 11.8 Å². The predicted molar refractivity (Wildman–Crippen MR) is 101 cm³/mol. The van der Waals surface area contributed by atoms with Gasteiger partial charge in [0.2, 0.25) is 0 Å². The smallest absolute Gasteiger partial charge is 0.256 e. The van der Waals surface area contributed by atoms with Crippen molar-refractivity contribution in [2.75, 3.05) is 17.7 Å². The molecule has 2 aromatic carbocycles. The molecule has 0 bridgehead atoms. The van der Waals surface area contributed by atoms with Crippen LogP contribution in [0.2, 0.25) is 0 Å². The van der Waals surface area contributed by atoms with Crippen LogP contribution in [0.4, 0.5) is 11.5 Å². The Morgan fingerprint density at radius 1 is 0.963 bits per heavy atom. The second-order valence-electron chi connectivity index (χ2n) is 6.02. The second-order valence-corrected chi connectivity index (χ2v) is 6.02. The van der Waals surface area contributed by atoms with Crippen LogP contribution >= 0.6 is 0 Å². The summed E-state index contributed by atoms with van der Waals surface area (Å²) in [7, 11) is 1.54. The third-order valence-corrected chi connectivity index (χ3v) is 3.86. The second kappa shape index (κ2) is 7.74. The number of aromatic nitrogens is 1. The molecular weight excluding hydrogens is 346 g/mol. The summed E-state index contributed by atoms with van der Waals surface area (Å²) in [6.07, 6.45) is 0. The van der Waals surface area contributed by atoms with Crippen molar-refractivity contribution in [2.24, 2.45) is 0 Å². The quantitative estimate of drug-likeness (QED) is 0.717. The number of benzene rings is 2. The average Bonchev–Trinajstić information content (AvgIpc) is 3.06. The first kappa shape index (κ1) is 18.2. The molecule has 0 radical (unpaired) electrons. The van der Waals surface area contributed by atoms with Gasteiger partial charge in [0.15, 0.2) is 5.82 Å². The summed E-state index contributed by atoms with van der Waals surface area (Å²) in [5.74, 6) is 0.739. The summed E-state index contributed by atoms with van der Waals surface area (Å²) >= 11 is 0. The molecule has 138 valence electrons. The lowest BCUT2D eigenvalue weighted by Gasteiger charge is -2.11. The molecule has 0 aliphatic carbocycles. The van der Waals surface area contributed by atoms with Gasteiger partial charge in [-0.1, -0.05) is 17.3 Å². The molecule has 0 unspecified atom stereocenters. The number of aryl methyl sites for hydroxylation is 2. The molecular formula is C20H19N3O4. The molecule has 0 atom stereocenters. The van der Waals surface area contributed by atoms with Crippen molar-refractivity contribution in [3.05, 3.63) is 71.0 Å². The van der Waals surface area contributed by atoms with Gasteiger partial charge in [-0.05, 0) is 49.7 Å². The van der Waals surface area contributed by atoms with E-state index in [0.717, 1.165) is 5.56 Å². The van der Waals surface area contributed by atoms with Crippen molar-refractivity contribution in [3.8, 4) is 5.75 Å². The number of carbonyl (C=O) groups is 2. The largest absolute Gasteiger partial charge is 0.495 e. The molecule has 0 saturated carbocycles. The number of anilines is 2. The van der Waals surface area contributed by atoms with Crippen LogP contribution in [0.25, 0.3) is 0 Å². The number of nitrogens with one attached hydrogen (secondary N) is 2. The fraction of sp³-hybridized carbons (Fsp3) is 0.150. The molecule has 1 heterocycles. The van der Waals surface area contributed by atoms with E-state index >= 15 is 0 Å². The lowest BCUT2D eigenvalue weighted by Crippen LogP contribution is -2.16. The van der Waals surface area contributed by atoms with Crippen molar-refractivity contribution in [3.63, 3.8) is 0 Å². The minimum atomic E-state index is -0.383. The van der Waals surface area contributed by atoms with Gasteiger partial charge in [0.05, 0.1) is 12.8 Å². The maximum absolute atomic E-state index is 12.6. The van der Waals surface area contributed by atoms with Crippen LogP contribution in [0.15, 0.2) is 53.1 Å². The number of rotatable bonds is 5. The number of hydrogen-bond acceptors (Lipinski definition) is 5.